The monoisotopic (exact) mass is 384 g/mol. The molecule has 28 heavy (non-hydrogen) atoms. The molecule has 2 atom stereocenters. The van der Waals surface area contributed by atoms with Gasteiger partial charge in [0.05, 0.1) is 12.5 Å². The molecule has 7 heteroatoms. The minimum atomic E-state index is -0.434. The van der Waals surface area contributed by atoms with Gasteiger partial charge < -0.3 is 21.1 Å². The molecular weight excluding hydrogens is 359 g/mol. The zero-order chi connectivity index (χ0) is 19.9. The molecule has 0 fully saturated rings. The maximum atomic E-state index is 13.0. The van der Waals surface area contributed by atoms with Gasteiger partial charge in [-0.05, 0) is 35.7 Å². The zero-order valence-electron chi connectivity index (χ0n) is 15.8. The summed E-state index contributed by atoms with van der Waals surface area (Å²) in [5, 5.41) is 6.36. The molecule has 1 aliphatic rings. The van der Waals surface area contributed by atoms with Crippen LogP contribution >= 0.6 is 0 Å². The molecule has 0 radical (unpaired) electrons. The van der Waals surface area contributed by atoms with E-state index in [9.17, 15) is 9.18 Å². The number of rotatable bonds is 7. The van der Waals surface area contributed by atoms with Crippen LogP contribution in [0.2, 0.25) is 0 Å². The molecule has 2 unspecified atom stereocenters. The van der Waals surface area contributed by atoms with Crippen LogP contribution in [0.4, 0.5) is 4.39 Å². The Morgan fingerprint density at radius 1 is 1.25 bits per heavy atom. The summed E-state index contributed by atoms with van der Waals surface area (Å²) < 4.78 is 18.9. The summed E-state index contributed by atoms with van der Waals surface area (Å²) in [6.07, 6.45) is 1.30. The Morgan fingerprint density at radius 3 is 2.68 bits per heavy atom. The van der Waals surface area contributed by atoms with E-state index in [1.807, 2.05) is 18.2 Å². The van der Waals surface area contributed by atoms with Crippen molar-refractivity contribution in [2.75, 3.05) is 20.1 Å². The van der Waals surface area contributed by atoms with Gasteiger partial charge >= 0.3 is 0 Å². The Hall–Kier alpha value is -3.09. The van der Waals surface area contributed by atoms with Gasteiger partial charge in [-0.3, -0.25) is 9.79 Å². The number of carbonyl (C=O) groups is 1. The van der Waals surface area contributed by atoms with E-state index in [0.717, 1.165) is 17.7 Å². The number of guanidine groups is 1. The third-order valence-corrected chi connectivity index (χ3v) is 4.75. The van der Waals surface area contributed by atoms with Crippen molar-refractivity contribution in [3.63, 3.8) is 0 Å². The number of hydrogen-bond donors (Lipinski definition) is 3. The minimum absolute atomic E-state index is 0.0297. The molecule has 2 aromatic rings. The van der Waals surface area contributed by atoms with Crippen molar-refractivity contribution in [3.8, 4) is 5.75 Å². The summed E-state index contributed by atoms with van der Waals surface area (Å²) in [6.45, 7) is 0.922. The zero-order valence-corrected chi connectivity index (χ0v) is 15.8. The van der Waals surface area contributed by atoms with Crippen molar-refractivity contribution in [1.82, 2.24) is 10.6 Å². The van der Waals surface area contributed by atoms with Crippen molar-refractivity contribution < 1.29 is 13.9 Å². The van der Waals surface area contributed by atoms with Crippen LogP contribution in [-0.4, -0.2) is 38.1 Å². The molecule has 2 aromatic carbocycles. The smallest absolute Gasteiger partial charge is 0.222 e. The van der Waals surface area contributed by atoms with Crippen LogP contribution in [0.25, 0.3) is 0 Å². The number of hydrogen-bond acceptors (Lipinski definition) is 3. The fraction of sp³-hybridized carbons (Fsp3) is 0.333. The predicted octanol–water partition coefficient (Wildman–Crippen LogP) is 1.64. The van der Waals surface area contributed by atoms with Gasteiger partial charge in [0.1, 0.15) is 17.7 Å². The Morgan fingerprint density at radius 2 is 2.00 bits per heavy atom. The maximum Gasteiger partial charge on any atom is 0.222 e. The number of nitrogens with one attached hydrogen (secondary N) is 2. The maximum absolute atomic E-state index is 13.0. The Kier molecular flexibility index (Phi) is 6.47. The number of primary amides is 1. The van der Waals surface area contributed by atoms with Gasteiger partial charge in [-0.25, -0.2) is 4.39 Å². The SMILES string of the molecule is CN=C(NCC1Cc2ccccc2O1)NCC(Cc1ccc(F)cc1)C(N)=O. The van der Waals surface area contributed by atoms with Gasteiger partial charge in [-0.1, -0.05) is 30.3 Å². The third-order valence-electron chi connectivity index (χ3n) is 4.75. The van der Waals surface area contributed by atoms with E-state index in [1.54, 1.807) is 19.2 Å². The molecule has 0 spiro atoms. The predicted molar refractivity (Wildman–Crippen MR) is 107 cm³/mol. The topological polar surface area (TPSA) is 88.7 Å². The van der Waals surface area contributed by atoms with E-state index >= 15 is 0 Å². The van der Waals surface area contributed by atoms with E-state index in [0.29, 0.717) is 25.5 Å². The minimum Gasteiger partial charge on any atom is -0.488 e. The lowest BCUT2D eigenvalue weighted by atomic mass is 9.98. The third kappa shape index (κ3) is 5.22. The van der Waals surface area contributed by atoms with Crippen LogP contribution in [0.1, 0.15) is 11.1 Å². The average Bonchev–Trinajstić information content (AvgIpc) is 3.11. The largest absolute Gasteiger partial charge is 0.488 e. The van der Waals surface area contributed by atoms with Gasteiger partial charge in [0.15, 0.2) is 5.96 Å². The van der Waals surface area contributed by atoms with Crippen molar-refractivity contribution in [2.45, 2.75) is 18.9 Å². The number of ether oxygens (including phenoxy) is 1. The fourth-order valence-electron chi connectivity index (χ4n) is 3.20. The molecule has 1 aliphatic heterocycles. The molecular formula is C21H25FN4O2. The van der Waals surface area contributed by atoms with Crippen LogP contribution in [0.3, 0.4) is 0 Å². The van der Waals surface area contributed by atoms with Crippen LogP contribution in [0.5, 0.6) is 5.75 Å². The number of fused-ring (bicyclic) bond motifs is 1. The molecule has 0 saturated heterocycles. The van der Waals surface area contributed by atoms with Crippen molar-refractivity contribution in [1.29, 1.82) is 0 Å². The highest BCUT2D eigenvalue weighted by atomic mass is 19.1. The van der Waals surface area contributed by atoms with E-state index in [2.05, 4.69) is 21.7 Å². The summed E-state index contributed by atoms with van der Waals surface area (Å²) in [6, 6.07) is 14.1. The highest BCUT2D eigenvalue weighted by Crippen LogP contribution is 2.27. The number of halogens is 1. The highest BCUT2D eigenvalue weighted by Gasteiger charge is 2.22. The fourth-order valence-corrected chi connectivity index (χ4v) is 3.20. The molecule has 0 aliphatic carbocycles. The molecule has 4 N–H and O–H groups in total. The summed E-state index contributed by atoms with van der Waals surface area (Å²) in [7, 11) is 1.67. The van der Waals surface area contributed by atoms with Crippen LogP contribution in [-0.2, 0) is 17.6 Å². The van der Waals surface area contributed by atoms with Crippen molar-refractivity contribution >= 4 is 11.9 Å². The lowest BCUT2D eigenvalue weighted by Crippen LogP contribution is -2.45. The lowest BCUT2D eigenvalue weighted by Gasteiger charge is -2.18. The standard InChI is InChI=1S/C21H25FN4O2/c1-24-21(26-13-18-11-15-4-2-3-5-19(15)28-18)25-12-16(20(23)27)10-14-6-8-17(22)9-7-14/h2-9,16,18H,10-13H2,1H3,(H2,23,27)(H2,24,25,26). The normalized spacial score (nSPS) is 16.8. The molecule has 1 heterocycles. The van der Waals surface area contributed by atoms with Gasteiger partial charge in [0.25, 0.3) is 0 Å². The highest BCUT2D eigenvalue weighted by molar-refractivity contribution is 5.81. The lowest BCUT2D eigenvalue weighted by molar-refractivity contribution is -0.121. The van der Waals surface area contributed by atoms with E-state index in [1.165, 1.54) is 17.7 Å². The van der Waals surface area contributed by atoms with E-state index in [-0.39, 0.29) is 11.9 Å². The summed E-state index contributed by atoms with van der Waals surface area (Å²) in [5.41, 5.74) is 7.58. The van der Waals surface area contributed by atoms with Crippen molar-refractivity contribution in [3.05, 3.63) is 65.5 Å². The average molecular weight is 384 g/mol. The number of para-hydroxylation sites is 1. The molecule has 0 aromatic heterocycles. The van der Waals surface area contributed by atoms with Crippen molar-refractivity contribution in [2.24, 2.45) is 16.6 Å². The summed E-state index contributed by atoms with van der Waals surface area (Å²) in [5.74, 6) is 0.339. The Bertz CT molecular complexity index is 814. The van der Waals surface area contributed by atoms with Gasteiger partial charge in [0, 0.05) is 20.0 Å². The quantitative estimate of drug-likeness (QED) is 0.500. The molecule has 0 saturated carbocycles. The number of carbonyl (C=O) groups excluding carboxylic acids is 1. The van der Waals surface area contributed by atoms with Gasteiger partial charge in [0.2, 0.25) is 5.91 Å². The summed E-state index contributed by atoms with van der Waals surface area (Å²) in [4.78, 5) is 16.0. The first kappa shape index (κ1) is 19.7. The second kappa shape index (κ2) is 9.21. The second-order valence-electron chi connectivity index (χ2n) is 6.82. The Balaban J connectivity index is 1.48. The molecule has 3 rings (SSSR count). The number of aliphatic imine (C=N–C) groups is 1. The van der Waals surface area contributed by atoms with Gasteiger partial charge in [-0.15, -0.1) is 0 Å². The van der Waals surface area contributed by atoms with E-state index < -0.39 is 11.8 Å². The molecule has 1 amide bonds. The first-order valence-electron chi connectivity index (χ1n) is 9.28. The number of benzene rings is 2. The van der Waals surface area contributed by atoms with Gasteiger partial charge in [-0.2, -0.15) is 0 Å². The van der Waals surface area contributed by atoms with E-state index in [4.69, 9.17) is 10.5 Å². The molecule has 6 nitrogen and oxygen atoms in total. The first-order chi connectivity index (χ1) is 13.5. The van der Waals surface area contributed by atoms with Crippen LogP contribution < -0.4 is 21.1 Å². The van der Waals surface area contributed by atoms with Crippen LogP contribution in [0.15, 0.2) is 53.5 Å². The molecule has 148 valence electrons. The second-order valence-corrected chi connectivity index (χ2v) is 6.82. The first-order valence-corrected chi connectivity index (χ1v) is 9.28. The summed E-state index contributed by atoms with van der Waals surface area (Å²) >= 11 is 0. The number of amides is 1. The number of nitrogens with two attached hydrogens (primary N) is 1. The molecule has 0 bridgehead atoms. The van der Waals surface area contributed by atoms with Crippen LogP contribution in [0, 0.1) is 11.7 Å². The Labute approximate surface area is 164 Å². The number of nitrogens with zero attached hydrogens (tertiary/aromatic N) is 1.